The lowest BCUT2D eigenvalue weighted by Gasteiger charge is -2.31. The number of carbonyl (C=O) groups is 1. The second kappa shape index (κ2) is 9.88. The molecular weight excluding hydrogens is 539 g/mol. The van der Waals surface area contributed by atoms with Crippen LogP contribution in [0.5, 0.6) is 0 Å². The molecule has 13 heteroatoms. The highest BCUT2D eigenvalue weighted by Crippen LogP contribution is 2.40. The van der Waals surface area contributed by atoms with Crippen molar-refractivity contribution >= 4 is 40.0 Å². The van der Waals surface area contributed by atoms with Gasteiger partial charge < -0.3 is 9.47 Å². The summed E-state index contributed by atoms with van der Waals surface area (Å²) < 4.78 is 42.7. The Bertz CT molecular complexity index is 1450. The fourth-order valence-corrected chi connectivity index (χ4v) is 5.68. The van der Waals surface area contributed by atoms with Gasteiger partial charge in [-0.3, -0.25) is 4.79 Å². The van der Waals surface area contributed by atoms with Gasteiger partial charge in [-0.1, -0.05) is 32.4 Å². The normalized spacial score (nSPS) is 15.4. The number of hydrogen-bond acceptors (Lipinski definition) is 7. The Balaban J connectivity index is 1.31. The van der Waals surface area contributed by atoms with Crippen molar-refractivity contribution < 1.29 is 18.0 Å². The Morgan fingerprint density at radius 1 is 1.13 bits per heavy atom. The minimum absolute atomic E-state index is 0.0263. The summed E-state index contributed by atoms with van der Waals surface area (Å²) in [7, 11) is 0. The number of fused-ring (bicyclic) bond motifs is 1. The van der Waals surface area contributed by atoms with E-state index in [1.165, 1.54) is 11.3 Å². The molecule has 1 aliphatic rings. The van der Waals surface area contributed by atoms with Crippen LogP contribution >= 0.6 is 22.9 Å². The molecule has 0 saturated carbocycles. The van der Waals surface area contributed by atoms with Gasteiger partial charge in [0.05, 0.1) is 17.0 Å². The van der Waals surface area contributed by atoms with E-state index in [0.717, 1.165) is 16.6 Å². The molecular formula is C25H25ClF3N7OS. The lowest BCUT2D eigenvalue weighted by atomic mass is 9.95. The first kappa shape index (κ1) is 26.5. The summed E-state index contributed by atoms with van der Waals surface area (Å²) >= 11 is 7.72. The molecule has 38 heavy (non-hydrogen) atoms. The summed E-state index contributed by atoms with van der Waals surface area (Å²) in [6, 6.07) is 4.54. The molecule has 0 N–H and O–H groups in total. The van der Waals surface area contributed by atoms with E-state index in [-0.39, 0.29) is 39.9 Å². The van der Waals surface area contributed by atoms with Gasteiger partial charge >= 0.3 is 6.18 Å². The van der Waals surface area contributed by atoms with E-state index < -0.39 is 17.3 Å². The molecule has 0 spiro atoms. The van der Waals surface area contributed by atoms with Crippen LogP contribution in [0.25, 0.3) is 22.6 Å². The molecule has 0 bridgehead atoms. The van der Waals surface area contributed by atoms with Crippen LogP contribution in [0.1, 0.15) is 56.1 Å². The van der Waals surface area contributed by atoms with Crippen molar-refractivity contribution in [1.29, 1.82) is 0 Å². The van der Waals surface area contributed by atoms with Crippen LogP contribution in [0.2, 0.25) is 4.34 Å². The van der Waals surface area contributed by atoms with Gasteiger partial charge in [-0.05, 0) is 31.0 Å². The number of nitrogens with zero attached hydrogens (tertiary/aromatic N) is 7. The Labute approximate surface area is 225 Å². The summed E-state index contributed by atoms with van der Waals surface area (Å²) in [5.41, 5.74) is -0.0445. The van der Waals surface area contributed by atoms with E-state index in [0.29, 0.717) is 31.6 Å². The van der Waals surface area contributed by atoms with E-state index in [9.17, 15) is 18.0 Å². The van der Waals surface area contributed by atoms with E-state index in [4.69, 9.17) is 11.6 Å². The molecule has 0 aliphatic carbocycles. The first-order valence-electron chi connectivity index (χ1n) is 12.1. The quantitative estimate of drug-likeness (QED) is 0.315. The van der Waals surface area contributed by atoms with Crippen LogP contribution in [0.3, 0.4) is 0 Å². The summed E-state index contributed by atoms with van der Waals surface area (Å²) in [6.45, 7) is 6.48. The minimum Gasteiger partial charge on any atom is -0.341 e. The summed E-state index contributed by atoms with van der Waals surface area (Å²) in [5, 5.41) is 0.728. The first-order chi connectivity index (χ1) is 17.9. The molecule has 4 aromatic heterocycles. The third kappa shape index (κ3) is 5.37. The second-order valence-corrected chi connectivity index (χ2v) is 11.9. The number of amides is 1. The number of aromatic nitrogens is 6. The molecule has 5 heterocycles. The second-order valence-electron chi connectivity index (χ2n) is 10.3. The summed E-state index contributed by atoms with van der Waals surface area (Å²) in [5.74, 6) is 0.0827. The molecule has 1 aliphatic heterocycles. The number of imidazole rings is 1. The van der Waals surface area contributed by atoms with Gasteiger partial charge in [0.1, 0.15) is 33.6 Å². The van der Waals surface area contributed by atoms with Crippen LogP contribution in [0.15, 0.2) is 30.7 Å². The van der Waals surface area contributed by atoms with E-state index in [1.807, 2.05) is 6.07 Å². The van der Waals surface area contributed by atoms with Crippen molar-refractivity contribution in [1.82, 2.24) is 34.4 Å². The van der Waals surface area contributed by atoms with Crippen molar-refractivity contribution in [3.05, 3.63) is 51.6 Å². The summed E-state index contributed by atoms with van der Waals surface area (Å²) in [4.78, 5) is 36.1. The average molecular weight is 564 g/mol. The molecule has 0 unspecified atom stereocenters. The molecule has 8 nitrogen and oxygen atoms in total. The van der Waals surface area contributed by atoms with Crippen LogP contribution in [0.4, 0.5) is 13.2 Å². The van der Waals surface area contributed by atoms with Gasteiger partial charge in [-0.15, -0.1) is 11.3 Å². The first-order valence-corrected chi connectivity index (χ1v) is 13.3. The van der Waals surface area contributed by atoms with Gasteiger partial charge in [0, 0.05) is 30.6 Å². The average Bonchev–Trinajstić information content (AvgIpc) is 3.46. The predicted octanol–water partition coefficient (Wildman–Crippen LogP) is 5.72. The van der Waals surface area contributed by atoms with Crippen molar-refractivity contribution in [3.8, 4) is 11.4 Å². The zero-order valence-corrected chi connectivity index (χ0v) is 22.5. The molecule has 1 saturated heterocycles. The highest BCUT2D eigenvalue weighted by atomic mass is 35.5. The lowest BCUT2D eigenvalue weighted by molar-refractivity contribution is -0.141. The fourth-order valence-electron chi connectivity index (χ4n) is 4.33. The van der Waals surface area contributed by atoms with Crippen LogP contribution < -0.4 is 0 Å². The van der Waals surface area contributed by atoms with Crippen molar-refractivity contribution in [3.63, 3.8) is 0 Å². The third-order valence-electron chi connectivity index (χ3n) is 6.41. The van der Waals surface area contributed by atoms with Crippen molar-refractivity contribution in [2.45, 2.75) is 57.7 Å². The van der Waals surface area contributed by atoms with Crippen LogP contribution in [0, 0.1) is 0 Å². The smallest absolute Gasteiger partial charge is 0.341 e. The number of alkyl halides is 3. The predicted molar refractivity (Wildman–Crippen MR) is 138 cm³/mol. The standard InChI is InChI=1S/C25H25ClF3N7OS/c1-24(2,3)23-32-16(11-17(33-23)25(27,28)29)19-20(26)38-22(34-19)14-6-9-35(10-7-14)18(37)12-36-13-31-15-5-4-8-30-21(15)36/h4-5,8,11,13-14H,6-7,9-10,12H2,1-3H3. The molecule has 4 aromatic rings. The highest BCUT2D eigenvalue weighted by molar-refractivity contribution is 7.16. The topological polar surface area (TPSA) is 89.7 Å². The van der Waals surface area contributed by atoms with E-state index in [1.54, 1.807) is 48.8 Å². The van der Waals surface area contributed by atoms with Gasteiger partial charge in [0.25, 0.3) is 0 Å². The molecule has 1 amide bonds. The minimum atomic E-state index is -4.62. The SMILES string of the molecule is CC(C)(C)c1nc(-c2nc(C3CCN(C(=O)Cn4cnc5cccnc54)CC3)sc2Cl)cc(C(F)(F)F)n1. The van der Waals surface area contributed by atoms with Gasteiger partial charge in [0.2, 0.25) is 5.91 Å². The maximum absolute atomic E-state index is 13.6. The molecule has 5 rings (SSSR count). The number of likely N-dealkylation sites (tertiary alicyclic amines) is 1. The Kier molecular flexibility index (Phi) is 6.89. The number of piperidine rings is 1. The maximum Gasteiger partial charge on any atom is 0.433 e. The molecule has 1 fully saturated rings. The van der Waals surface area contributed by atoms with Crippen molar-refractivity contribution in [2.75, 3.05) is 13.1 Å². The molecule has 0 atom stereocenters. The van der Waals surface area contributed by atoms with Gasteiger partial charge in [-0.2, -0.15) is 13.2 Å². The third-order valence-corrected chi connectivity index (χ3v) is 7.83. The van der Waals surface area contributed by atoms with Crippen molar-refractivity contribution in [2.24, 2.45) is 0 Å². The molecule has 0 radical (unpaired) electrons. The Morgan fingerprint density at radius 3 is 2.55 bits per heavy atom. The highest BCUT2D eigenvalue weighted by Gasteiger charge is 2.36. The van der Waals surface area contributed by atoms with Gasteiger partial charge in [0.15, 0.2) is 5.65 Å². The number of carbonyl (C=O) groups excluding carboxylic acids is 1. The Morgan fingerprint density at radius 2 is 1.87 bits per heavy atom. The summed E-state index contributed by atoms with van der Waals surface area (Å²) in [6.07, 6.45) is -0.00394. The zero-order valence-electron chi connectivity index (χ0n) is 21.0. The number of pyridine rings is 1. The lowest BCUT2D eigenvalue weighted by Crippen LogP contribution is -2.39. The molecule has 200 valence electrons. The number of halogens is 4. The van der Waals surface area contributed by atoms with E-state index in [2.05, 4.69) is 24.9 Å². The van der Waals surface area contributed by atoms with Crippen LogP contribution in [-0.4, -0.2) is 53.4 Å². The van der Waals surface area contributed by atoms with Gasteiger partial charge in [-0.25, -0.2) is 24.9 Å². The Hall–Kier alpha value is -3.12. The van der Waals surface area contributed by atoms with E-state index >= 15 is 0 Å². The fraction of sp³-hybridized carbons (Fsp3) is 0.440. The maximum atomic E-state index is 13.6. The van der Waals surface area contributed by atoms with Crippen LogP contribution in [-0.2, 0) is 22.9 Å². The monoisotopic (exact) mass is 563 g/mol. The molecule has 0 aromatic carbocycles. The largest absolute Gasteiger partial charge is 0.433 e. The zero-order chi connectivity index (χ0) is 27.2. The number of hydrogen-bond donors (Lipinski definition) is 0. The number of thiazole rings is 1. The number of rotatable bonds is 4.